The molecule has 0 amide bonds. The van der Waals surface area contributed by atoms with Gasteiger partial charge in [-0.3, -0.25) is 0 Å². The average molecular weight is 242 g/mol. The second-order valence-corrected chi connectivity index (χ2v) is 6.04. The van der Waals surface area contributed by atoms with Crippen LogP contribution in [-0.2, 0) is 4.74 Å². The molecule has 1 aliphatic carbocycles. The van der Waals surface area contributed by atoms with Crippen LogP contribution >= 0.6 is 0 Å². The highest BCUT2D eigenvalue weighted by atomic mass is 16.5. The molecule has 4 atom stereocenters. The van der Waals surface area contributed by atoms with Crippen molar-refractivity contribution in [1.29, 1.82) is 0 Å². The summed E-state index contributed by atoms with van der Waals surface area (Å²) < 4.78 is 6.27. The Labute approximate surface area is 107 Å². The van der Waals surface area contributed by atoms with E-state index in [1.165, 1.54) is 19.3 Å². The molecule has 0 spiro atoms. The van der Waals surface area contributed by atoms with E-state index in [9.17, 15) is 0 Å². The van der Waals surface area contributed by atoms with Crippen LogP contribution in [0.15, 0.2) is 0 Å². The highest BCUT2D eigenvalue weighted by Gasteiger charge is 2.32. The van der Waals surface area contributed by atoms with Crippen LogP contribution in [0.3, 0.4) is 0 Å². The summed E-state index contributed by atoms with van der Waals surface area (Å²) in [4.78, 5) is 0. The van der Waals surface area contributed by atoms with E-state index in [-0.39, 0.29) is 12.7 Å². The number of ether oxygens (including phenoxy) is 1. The molecule has 0 aromatic carbocycles. The topological polar surface area (TPSA) is 29.5 Å². The number of aliphatic hydroxyl groups is 1. The number of rotatable bonds is 6. The van der Waals surface area contributed by atoms with Gasteiger partial charge in [0, 0.05) is 6.61 Å². The maximum absolute atomic E-state index is 9.04. The van der Waals surface area contributed by atoms with Crippen molar-refractivity contribution in [3.8, 4) is 0 Å². The van der Waals surface area contributed by atoms with Gasteiger partial charge in [0.05, 0.1) is 12.2 Å². The van der Waals surface area contributed by atoms with E-state index in [4.69, 9.17) is 9.84 Å². The molecule has 0 heterocycles. The fourth-order valence-electron chi connectivity index (χ4n) is 3.03. The van der Waals surface area contributed by atoms with E-state index in [1.54, 1.807) is 0 Å². The van der Waals surface area contributed by atoms with Crippen LogP contribution in [0.1, 0.15) is 59.8 Å². The van der Waals surface area contributed by atoms with Crippen LogP contribution < -0.4 is 0 Å². The Hall–Kier alpha value is -0.0800. The van der Waals surface area contributed by atoms with Gasteiger partial charge >= 0.3 is 0 Å². The highest BCUT2D eigenvalue weighted by Crippen LogP contribution is 2.36. The van der Waals surface area contributed by atoms with E-state index in [0.29, 0.717) is 17.9 Å². The van der Waals surface area contributed by atoms with Crippen molar-refractivity contribution in [2.24, 2.45) is 17.8 Å². The summed E-state index contributed by atoms with van der Waals surface area (Å²) in [5, 5.41) is 9.04. The van der Waals surface area contributed by atoms with E-state index in [2.05, 4.69) is 27.7 Å². The zero-order chi connectivity index (χ0) is 12.8. The predicted molar refractivity (Wildman–Crippen MR) is 72.0 cm³/mol. The lowest BCUT2D eigenvalue weighted by molar-refractivity contribution is -0.0868. The molecule has 2 nitrogen and oxygen atoms in total. The Kier molecular flexibility index (Phi) is 6.50. The largest absolute Gasteiger partial charge is 0.396 e. The van der Waals surface area contributed by atoms with Gasteiger partial charge in [-0.05, 0) is 43.4 Å². The highest BCUT2D eigenvalue weighted by molar-refractivity contribution is 4.82. The van der Waals surface area contributed by atoms with Crippen LogP contribution in [0.2, 0.25) is 0 Å². The summed E-state index contributed by atoms with van der Waals surface area (Å²) >= 11 is 0. The quantitative estimate of drug-likeness (QED) is 0.771. The molecule has 0 bridgehead atoms. The summed E-state index contributed by atoms with van der Waals surface area (Å²) in [6.07, 6.45) is 6.30. The molecule has 1 rings (SSSR count). The molecule has 1 fully saturated rings. The Balaban J connectivity index is 2.55. The van der Waals surface area contributed by atoms with Crippen molar-refractivity contribution in [2.75, 3.05) is 6.61 Å². The van der Waals surface area contributed by atoms with Crippen molar-refractivity contribution in [3.63, 3.8) is 0 Å². The Morgan fingerprint density at radius 2 is 2.00 bits per heavy atom. The van der Waals surface area contributed by atoms with Crippen LogP contribution in [0.25, 0.3) is 0 Å². The number of hydrogen-bond donors (Lipinski definition) is 1. The third kappa shape index (κ3) is 4.59. The maximum Gasteiger partial charge on any atom is 0.0612 e. The average Bonchev–Trinajstić information content (AvgIpc) is 2.28. The van der Waals surface area contributed by atoms with Gasteiger partial charge in [-0.2, -0.15) is 0 Å². The first-order valence-electron chi connectivity index (χ1n) is 7.34. The zero-order valence-electron chi connectivity index (χ0n) is 12.0. The van der Waals surface area contributed by atoms with Crippen LogP contribution in [0.5, 0.6) is 0 Å². The Morgan fingerprint density at radius 1 is 1.29 bits per heavy atom. The summed E-state index contributed by atoms with van der Waals surface area (Å²) in [7, 11) is 0. The monoisotopic (exact) mass is 242 g/mol. The predicted octanol–water partition coefficient (Wildman–Crippen LogP) is 3.62. The fraction of sp³-hybridized carbons (Fsp3) is 1.00. The Bertz CT molecular complexity index is 203. The molecule has 0 radical (unpaired) electrons. The van der Waals surface area contributed by atoms with Crippen molar-refractivity contribution in [2.45, 2.75) is 72.0 Å². The van der Waals surface area contributed by atoms with Crippen molar-refractivity contribution < 1.29 is 9.84 Å². The molecule has 4 unspecified atom stereocenters. The molecule has 102 valence electrons. The summed E-state index contributed by atoms with van der Waals surface area (Å²) in [6.45, 7) is 9.35. The first kappa shape index (κ1) is 15.0. The van der Waals surface area contributed by atoms with E-state index in [0.717, 1.165) is 18.8 Å². The minimum Gasteiger partial charge on any atom is -0.396 e. The number of aliphatic hydroxyl groups excluding tert-OH is 1. The SMILES string of the molecule is CCC(CCO)OC1CC(C)CCC1C(C)C. The second kappa shape index (κ2) is 7.38. The molecular formula is C15H30O2. The minimum atomic E-state index is 0.243. The van der Waals surface area contributed by atoms with Crippen LogP contribution in [0.4, 0.5) is 0 Å². The molecule has 1 saturated carbocycles. The molecule has 1 aliphatic rings. The summed E-state index contributed by atoms with van der Waals surface area (Å²) in [5.74, 6) is 2.21. The van der Waals surface area contributed by atoms with Gasteiger partial charge in [-0.1, -0.05) is 34.1 Å². The van der Waals surface area contributed by atoms with E-state index < -0.39 is 0 Å². The second-order valence-electron chi connectivity index (χ2n) is 6.04. The molecule has 1 N–H and O–H groups in total. The lowest BCUT2D eigenvalue weighted by atomic mass is 9.75. The van der Waals surface area contributed by atoms with Gasteiger partial charge in [0.15, 0.2) is 0 Å². The van der Waals surface area contributed by atoms with Gasteiger partial charge in [0.2, 0.25) is 0 Å². The van der Waals surface area contributed by atoms with Gasteiger partial charge in [-0.15, -0.1) is 0 Å². The molecule has 17 heavy (non-hydrogen) atoms. The first-order chi connectivity index (χ1) is 8.08. The maximum atomic E-state index is 9.04. The lowest BCUT2D eigenvalue weighted by Crippen LogP contribution is -2.37. The smallest absolute Gasteiger partial charge is 0.0612 e. The lowest BCUT2D eigenvalue weighted by Gasteiger charge is -2.39. The third-order valence-electron chi connectivity index (χ3n) is 4.23. The summed E-state index contributed by atoms with van der Waals surface area (Å²) in [6, 6.07) is 0. The van der Waals surface area contributed by atoms with E-state index >= 15 is 0 Å². The van der Waals surface area contributed by atoms with Crippen molar-refractivity contribution in [3.05, 3.63) is 0 Å². The fourth-order valence-corrected chi connectivity index (χ4v) is 3.03. The zero-order valence-corrected chi connectivity index (χ0v) is 12.0. The van der Waals surface area contributed by atoms with E-state index in [1.807, 2.05) is 0 Å². The van der Waals surface area contributed by atoms with Crippen LogP contribution in [-0.4, -0.2) is 23.9 Å². The number of hydrogen-bond acceptors (Lipinski definition) is 2. The molecular weight excluding hydrogens is 212 g/mol. The van der Waals surface area contributed by atoms with Gasteiger partial charge in [-0.25, -0.2) is 0 Å². The van der Waals surface area contributed by atoms with Gasteiger partial charge < -0.3 is 9.84 Å². The third-order valence-corrected chi connectivity index (χ3v) is 4.23. The molecule has 0 saturated heterocycles. The normalized spacial score (nSPS) is 31.8. The first-order valence-corrected chi connectivity index (χ1v) is 7.34. The Morgan fingerprint density at radius 3 is 2.53 bits per heavy atom. The van der Waals surface area contributed by atoms with Crippen molar-refractivity contribution >= 4 is 0 Å². The molecule has 0 aromatic rings. The van der Waals surface area contributed by atoms with Gasteiger partial charge in [0.25, 0.3) is 0 Å². The molecule has 2 heteroatoms. The van der Waals surface area contributed by atoms with Crippen molar-refractivity contribution in [1.82, 2.24) is 0 Å². The minimum absolute atomic E-state index is 0.243. The molecule has 0 aromatic heterocycles. The van der Waals surface area contributed by atoms with Gasteiger partial charge in [0.1, 0.15) is 0 Å². The summed E-state index contributed by atoms with van der Waals surface area (Å²) in [5.41, 5.74) is 0. The standard InChI is InChI=1S/C15H30O2/c1-5-13(8-9-16)17-15-10-12(4)6-7-14(15)11(2)3/h11-16H,5-10H2,1-4H3. The molecule has 0 aliphatic heterocycles. The van der Waals surface area contributed by atoms with Crippen LogP contribution in [0, 0.1) is 17.8 Å².